The summed E-state index contributed by atoms with van der Waals surface area (Å²) in [5.74, 6) is 0.758. The average molecular weight is 298 g/mol. The molecule has 4 heteroatoms. The van der Waals surface area contributed by atoms with Crippen LogP contribution in [0.4, 0.5) is 0 Å². The SMILES string of the molecule is CCOC(=O)CCC1=c2ccccc2=C2C(O)=CC=CC2O1. The molecule has 0 spiro atoms. The Kier molecular flexibility index (Phi) is 4.00. The summed E-state index contributed by atoms with van der Waals surface area (Å²) in [4.78, 5) is 11.6. The highest BCUT2D eigenvalue weighted by Gasteiger charge is 2.25. The summed E-state index contributed by atoms with van der Waals surface area (Å²) < 4.78 is 11.0. The van der Waals surface area contributed by atoms with Crippen molar-refractivity contribution < 1.29 is 19.4 Å². The molecule has 1 aromatic carbocycles. The Bertz CT molecular complexity index is 771. The molecule has 1 aromatic rings. The number of carbonyl (C=O) groups excluding carboxylic acids is 1. The fourth-order valence-corrected chi connectivity index (χ4v) is 2.79. The normalized spacial score (nSPS) is 19.0. The third-order valence-electron chi connectivity index (χ3n) is 3.75. The van der Waals surface area contributed by atoms with Crippen molar-refractivity contribution in [3.63, 3.8) is 0 Å². The van der Waals surface area contributed by atoms with Gasteiger partial charge in [0.25, 0.3) is 0 Å². The van der Waals surface area contributed by atoms with Crippen LogP contribution in [0.2, 0.25) is 0 Å². The second-order valence-corrected chi connectivity index (χ2v) is 5.16. The van der Waals surface area contributed by atoms with Gasteiger partial charge in [-0.15, -0.1) is 0 Å². The minimum atomic E-state index is -0.308. The molecule has 0 bridgehead atoms. The summed E-state index contributed by atoms with van der Waals surface area (Å²) in [6.45, 7) is 2.17. The second-order valence-electron chi connectivity index (χ2n) is 5.16. The van der Waals surface area contributed by atoms with Crippen LogP contribution in [0, 0.1) is 0 Å². The molecule has 114 valence electrons. The molecule has 2 aliphatic rings. The standard InChI is InChI=1S/C18H18O4/c1-2-21-17(20)11-10-15-12-6-3-4-7-13(12)18-14(19)8-5-9-16(18)22-15/h3-9,16,19H,2,10-11H2,1H3. The molecule has 22 heavy (non-hydrogen) atoms. The number of fused-ring (bicyclic) bond motifs is 2. The van der Waals surface area contributed by atoms with Crippen LogP contribution in [-0.4, -0.2) is 23.8 Å². The van der Waals surface area contributed by atoms with E-state index in [9.17, 15) is 9.90 Å². The van der Waals surface area contributed by atoms with Gasteiger partial charge < -0.3 is 14.6 Å². The van der Waals surface area contributed by atoms with E-state index in [-0.39, 0.29) is 24.3 Å². The maximum atomic E-state index is 11.6. The van der Waals surface area contributed by atoms with Gasteiger partial charge >= 0.3 is 5.97 Å². The first kappa shape index (κ1) is 14.4. The van der Waals surface area contributed by atoms with Gasteiger partial charge in [-0.05, 0) is 24.3 Å². The van der Waals surface area contributed by atoms with Crippen molar-refractivity contribution in [3.05, 3.63) is 58.7 Å². The number of hydrogen-bond acceptors (Lipinski definition) is 4. The van der Waals surface area contributed by atoms with Gasteiger partial charge in [-0.2, -0.15) is 0 Å². The van der Waals surface area contributed by atoms with Gasteiger partial charge in [-0.3, -0.25) is 4.79 Å². The van der Waals surface area contributed by atoms with Gasteiger partial charge in [0.05, 0.1) is 13.0 Å². The van der Waals surface area contributed by atoms with Crippen LogP contribution in [0.1, 0.15) is 19.8 Å². The van der Waals surface area contributed by atoms with E-state index in [1.807, 2.05) is 30.3 Å². The maximum Gasteiger partial charge on any atom is 0.306 e. The fourth-order valence-electron chi connectivity index (χ4n) is 2.79. The van der Waals surface area contributed by atoms with E-state index in [0.717, 1.165) is 21.8 Å². The first-order valence-electron chi connectivity index (χ1n) is 7.43. The summed E-state index contributed by atoms with van der Waals surface area (Å²) in [5, 5.41) is 12.0. The molecule has 0 saturated carbocycles. The lowest BCUT2D eigenvalue weighted by atomic mass is 9.95. The predicted octanol–water partition coefficient (Wildman–Crippen LogP) is 1.70. The topological polar surface area (TPSA) is 55.8 Å². The van der Waals surface area contributed by atoms with E-state index in [4.69, 9.17) is 9.47 Å². The van der Waals surface area contributed by atoms with Crippen molar-refractivity contribution in [2.45, 2.75) is 25.9 Å². The van der Waals surface area contributed by atoms with E-state index in [1.54, 1.807) is 19.1 Å². The van der Waals surface area contributed by atoms with E-state index >= 15 is 0 Å². The number of rotatable bonds is 4. The number of hydrogen-bond donors (Lipinski definition) is 1. The summed E-state index contributed by atoms with van der Waals surface area (Å²) in [6.07, 6.45) is 5.80. The third kappa shape index (κ3) is 2.64. The summed E-state index contributed by atoms with van der Waals surface area (Å²) in [7, 11) is 0. The van der Waals surface area contributed by atoms with E-state index in [2.05, 4.69) is 0 Å². The Morgan fingerprint density at radius 3 is 2.86 bits per heavy atom. The predicted molar refractivity (Wildman–Crippen MR) is 83.1 cm³/mol. The van der Waals surface area contributed by atoms with Crippen molar-refractivity contribution in [1.82, 2.24) is 0 Å². The Balaban J connectivity index is 2.03. The van der Waals surface area contributed by atoms with Crippen molar-refractivity contribution in [2.75, 3.05) is 6.61 Å². The zero-order valence-electron chi connectivity index (χ0n) is 12.4. The molecular weight excluding hydrogens is 280 g/mol. The van der Waals surface area contributed by atoms with Gasteiger partial charge in [0.2, 0.25) is 0 Å². The number of allylic oxidation sites excluding steroid dienone is 2. The lowest BCUT2D eigenvalue weighted by Gasteiger charge is -2.26. The largest absolute Gasteiger partial charge is 0.507 e. The number of ether oxygens (including phenoxy) is 2. The Morgan fingerprint density at radius 2 is 2.09 bits per heavy atom. The van der Waals surface area contributed by atoms with E-state index in [0.29, 0.717) is 13.0 Å². The molecule has 1 N–H and O–H groups in total. The summed E-state index contributed by atoms with van der Waals surface area (Å²) >= 11 is 0. The molecule has 0 saturated heterocycles. The number of carbonyl (C=O) groups is 1. The van der Waals surface area contributed by atoms with Gasteiger partial charge in [-0.1, -0.05) is 30.3 Å². The Hall–Kier alpha value is -2.49. The Labute approximate surface area is 128 Å². The molecule has 1 atom stereocenters. The molecule has 1 aliphatic heterocycles. The van der Waals surface area contributed by atoms with Crippen LogP contribution in [-0.2, 0) is 14.3 Å². The highest BCUT2D eigenvalue weighted by Crippen LogP contribution is 2.26. The van der Waals surface area contributed by atoms with Crippen LogP contribution in [0.5, 0.6) is 0 Å². The molecule has 1 aliphatic carbocycles. The van der Waals surface area contributed by atoms with Crippen LogP contribution in [0.3, 0.4) is 0 Å². The second kappa shape index (κ2) is 6.10. The van der Waals surface area contributed by atoms with Gasteiger partial charge in [0, 0.05) is 17.2 Å². The first-order valence-corrected chi connectivity index (χ1v) is 7.43. The lowest BCUT2D eigenvalue weighted by molar-refractivity contribution is -0.143. The average Bonchev–Trinajstić information content (AvgIpc) is 2.53. The molecule has 0 amide bonds. The first-order chi connectivity index (χ1) is 10.7. The van der Waals surface area contributed by atoms with Crippen molar-refractivity contribution in [1.29, 1.82) is 0 Å². The van der Waals surface area contributed by atoms with E-state index < -0.39 is 0 Å². The maximum absolute atomic E-state index is 11.6. The highest BCUT2D eigenvalue weighted by molar-refractivity contribution is 5.73. The fraction of sp³-hybridized carbons (Fsp3) is 0.278. The van der Waals surface area contributed by atoms with E-state index in [1.165, 1.54) is 0 Å². The summed E-state index contributed by atoms with van der Waals surface area (Å²) in [6, 6.07) is 7.77. The summed E-state index contributed by atoms with van der Waals surface area (Å²) in [5.41, 5.74) is 0.776. The molecule has 3 rings (SSSR count). The molecular formula is C18H18O4. The Morgan fingerprint density at radius 1 is 1.32 bits per heavy atom. The molecule has 0 aromatic heterocycles. The zero-order chi connectivity index (χ0) is 15.5. The zero-order valence-corrected chi connectivity index (χ0v) is 12.4. The lowest BCUT2D eigenvalue weighted by Crippen LogP contribution is -2.39. The molecule has 0 fully saturated rings. The molecule has 1 heterocycles. The van der Waals surface area contributed by atoms with Crippen LogP contribution < -0.4 is 10.4 Å². The quantitative estimate of drug-likeness (QED) is 0.860. The number of benzene rings is 1. The van der Waals surface area contributed by atoms with Crippen molar-refractivity contribution in [2.24, 2.45) is 0 Å². The van der Waals surface area contributed by atoms with Gasteiger partial charge in [-0.25, -0.2) is 0 Å². The molecule has 1 unspecified atom stereocenters. The van der Waals surface area contributed by atoms with Crippen LogP contribution >= 0.6 is 0 Å². The highest BCUT2D eigenvalue weighted by atomic mass is 16.5. The van der Waals surface area contributed by atoms with Crippen molar-refractivity contribution in [3.8, 4) is 0 Å². The van der Waals surface area contributed by atoms with Crippen LogP contribution in [0.25, 0.3) is 11.3 Å². The smallest absolute Gasteiger partial charge is 0.306 e. The van der Waals surface area contributed by atoms with Crippen LogP contribution in [0.15, 0.2) is 48.3 Å². The minimum absolute atomic E-state index is 0.226. The van der Waals surface area contributed by atoms with Crippen molar-refractivity contribution >= 4 is 17.3 Å². The third-order valence-corrected chi connectivity index (χ3v) is 3.75. The molecule has 4 nitrogen and oxygen atoms in total. The van der Waals surface area contributed by atoms with Gasteiger partial charge in [0.1, 0.15) is 17.6 Å². The monoisotopic (exact) mass is 298 g/mol. The number of aliphatic hydroxyl groups is 1. The number of aliphatic hydroxyl groups excluding tert-OH is 1. The van der Waals surface area contributed by atoms with Gasteiger partial charge in [0.15, 0.2) is 0 Å². The minimum Gasteiger partial charge on any atom is -0.507 e. The number of esters is 1. The molecule has 0 radical (unpaired) electrons.